The molecule has 0 amide bonds. The highest BCUT2D eigenvalue weighted by molar-refractivity contribution is 6.09. The van der Waals surface area contributed by atoms with Crippen molar-refractivity contribution in [1.29, 1.82) is 0 Å². The van der Waals surface area contributed by atoms with Gasteiger partial charge in [0.25, 0.3) is 0 Å². The third kappa shape index (κ3) is 2.81. The van der Waals surface area contributed by atoms with E-state index in [1.165, 1.54) is 39.6 Å². The van der Waals surface area contributed by atoms with Crippen molar-refractivity contribution in [2.45, 2.75) is 58.8 Å². The van der Waals surface area contributed by atoms with Gasteiger partial charge in [0.05, 0.1) is 12.3 Å². The smallest absolute Gasteiger partial charge is 0.146 e. The molecular weight excluding hydrogens is 406 g/mol. The summed E-state index contributed by atoms with van der Waals surface area (Å²) >= 11 is 0. The Balaban J connectivity index is 1.76. The fourth-order valence-corrected chi connectivity index (χ4v) is 8.02. The van der Waals surface area contributed by atoms with Crippen LogP contribution in [0, 0.1) is 10.8 Å². The van der Waals surface area contributed by atoms with Gasteiger partial charge >= 0.3 is 0 Å². The van der Waals surface area contributed by atoms with Crippen molar-refractivity contribution in [3.63, 3.8) is 0 Å². The number of benzene rings is 3. The van der Waals surface area contributed by atoms with Gasteiger partial charge in [0.2, 0.25) is 0 Å². The molecule has 2 aliphatic carbocycles. The Morgan fingerprint density at radius 1 is 0.909 bits per heavy atom. The number of ether oxygens (including phenoxy) is 1. The molecule has 0 aromatic heterocycles. The molecule has 3 aromatic rings. The van der Waals surface area contributed by atoms with Crippen LogP contribution in [0.3, 0.4) is 0 Å². The molecule has 0 atom stereocenters. The maximum Gasteiger partial charge on any atom is 0.146 e. The lowest BCUT2D eigenvalue weighted by molar-refractivity contribution is 0.0645. The Kier molecular flexibility index (Phi) is 4.09. The van der Waals surface area contributed by atoms with Gasteiger partial charge in [-0.3, -0.25) is 0 Å². The zero-order valence-corrected chi connectivity index (χ0v) is 20.8. The van der Waals surface area contributed by atoms with Crippen LogP contribution in [-0.2, 0) is 11.8 Å². The van der Waals surface area contributed by atoms with Crippen molar-refractivity contribution in [3.05, 3.63) is 53.1 Å². The molecule has 1 fully saturated rings. The zero-order valence-electron chi connectivity index (χ0n) is 20.8. The van der Waals surface area contributed by atoms with Crippen LogP contribution in [-0.4, -0.2) is 25.8 Å². The first-order valence-electron chi connectivity index (χ1n) is 12.3. The lowest BCUT2D eigenvalue weighted by atomic mass is 9.52. The number of hydrogen-bond donors (Lipinski definition) is 1. The summed E-state index contributed by atoms with van der Waals surface area (Å²) in [5.74, 6) is 1.39. The van der Waals surface area contributed by atoms with Crippen molar-refractivity contribution in [1.82, 2.24) is 0 Å². The molecule has 0 saturated heterocycles. The van der Waals surface area contributed by atoms with Crippen molar-refractivity contribution in [2.75, 3.05) is 25.6 Å². The van der Waals surface area contributed by atoms with E-state index in [9.17, 15) is 5.11 Å². The van der Waals surface area contributed by atoms with E-state index >= 15 is 0 Å². The number of fused-ring (bicyclic) bond motifs is 9. The molecule has 1 spiro atoms. The lowest BCUT2D eigenvalue weighted by Crippen LogP contribution is -2.43. The molecule has 172 valence electrons. The van der Waals surface area contributed by atoms with Gasteiger partial charge in [-0.15, -0.1) is 0 Å². The summed E-state index contributed by atoms with van der Waals surface area (Å²) in [4.78, 5) is 2.10. The van der Waals surface area contributed by atoms with E-state index in [0.29, 0.717) is 12.4 Å². The maximum atomic E-state index is 11.5. The SMILES string of the molecule is CN(C)c1cc2c(O)cc3c(c2c2c1OCC2)-c1ccccc1C31CC(C)(C)CC(C)(C)C1. The van der Waals surface area contributed by atoms with Crippen LogP contribution >= 0.6 is 0 Å². The quantitative estimate of drug-likeness (QED) is 0.439. The van der Waals surface area contributed by atoms with Gasteiger partial charge in [-0.1, -0.05) is 52.0 Å². The molecular formula is C30H35NO2. The number of hydrogen-bond acceptors (Lipinski definition) is 3. The van der Waals surface area contributed by atoms with Crippen molar-refractivity contribution >= 4 is 16.5 Å². The normalized spacial score (nSPS) is 20.9. The third-order valence-electron chi connectivity index (χ3n) is 8.26. The number of phenolic OH excluding ortho intramolecular Hbond substituents is 1. The minimum Gasteiger partial charge on any atom is -0.507 e. The molecule has 3 aliphatic rings. The summed E-state index contributed by atoms with van der Waals surface area (Å²) in [6.07, 6.45) is 4.31. The largest absolute Gasteiger partial charge is 0.507 e. The predicted octanol–water partition coefficient (Wildman–Crippen LogP) is 7.05. The Labute approximate surface area is 197 Å². The second-order valence-corrected chi connectivity index (χ2v) is 12.4. The van der Waals surface area contributed by atoms with Crippen molar-refractivity contribution in [2.24, 2.45) is 10.8 Å². The molecule has 3 aromatic carbocycles. The summed E-state index contributed by atoms with van der Waals surface area (Å²) in [6, 6.07) is 13.2. The standard InChI is InChI=1S/C30H35NO2/c1-28(2)15-29(3,4)17-30(16-28)21-10-8-7-9-18(21)26-22(30)14-24(32)20-13-23(31(5)6)27-19(25(20)26)11-12-33-27/h7-10,13-14,32H,11-12,15-17H2,1-6H3. The number of nitrogens with zero attached hydrogens (tertiary/aromatic N) is 1. The van der Waals surface area contributed by atoms with Crippen LogP contribution < -0.4 is 9.64 Å². The van der Waals surface area contributed by atoms with E-state index in [1.807, 2.05) is 14.1 Å². The fraction of sp³-hybridized carbons (Fsp3) is 0.467. The first-order chi connectivity index (χ1) is 15.5. The molecule has 1 aliphatic heterocycles. The van der Waals surface area contributed by atoms with Gasteiger partial charge in [0.1, 0.15) is 11.5 Å². The summed E-state index contributed by atoms with van der Waals surface area (Å²) in [5, 5.41) is 13.6. The van der Waals surface area contributed by atoms with E-state index in [4.69, 9.17) is 4.74 Å². The van der Waals surface area contributed by atoms with Crippen LogP contribution in [0.15, 0.2) is 36.4 Å². The highest BCUT2D eigenvalue weighted by Crippen LogP contribution is 2.65. The molecule has 3 nitrogen and oxygen atoms in total. The second-order valence-electron chi connectivity index (χ2n) is 12.4. The molecule has 0 radical (unpaired) electrons. The topological polar surface area (TPSA) is 32.7 Å². The monoisotopic (exact) mass is 441 g/mol. The van der Waals surface area contributed by atoms with E-state index in [0.717, 1.165) is 36.1 Å². The lowest BCUT2D eigenvalue weighted by Gasteiger charge is -2.51. The Morgan fingerprint density at radius 2 is 1.61 bits per heavy atom. The average Bonchev–Trinajstić information content (AvgIpc) is 3.28. The average molecular weight is 442 g/mol. The van der Waals surface area contributed by atoms with Gasteiger partial charge in [-0.25, -0.2) is 0 Å². The van der Waals surface area contributed by atoms with Crippen molar-refractivity contribution < 1.29 is 9.84 Å². The highest BCUT2D eigenvalue weighted by Gasteiger charge is 2.54. The van der Waals surface area contributed by atoms with E-state index in [-0.39, 0.29) is 16.2 Å². The molecule has 3 heteroatoms. The minimum absolute atomic E-state index is 0.0740. The number of rotatable bonds is 1. The van der Waals surface area contributed by atoms with Gasteiger partial charge in [0.15, 0.2) is 0 Å². The first-order valence-corrected chi connectivity index (χ1v) is 12.3. The molecule has 1 saturated carbocycles. The molecule has 0 bridgehead atoms. The molecule has 6 rings (SSSR count). The van der Waals surface area contributed by atoms with Crippen LogP contribution in [0.2, 0.25) is 0 Å². The maximum absolute atomic E-state index is 11.5. The Hall–Kier alpha value is -2.68. The Bertz CT molecular complexity index is 1300. The molecule has 0 unspecified atom stereocenters. The second kappa shape index (κ2) is 6.46. The number of aromatic hydroxyl groups is 1. The molecule has 1 heterocycles. The summed E-state index contributed by atoms with van der Waals surface area (Å²) < 4.78 is 6.17. The van der Waals surface area contributed by atoms with E-state index < -0.39 is 0 Å². The summed E-state index contributed by atoms with van der Waals surface area (Å²) in [5.41, 5.74) is 8.11. The Morgan fingerprint density at radius 3 is 2.30 bits per heavy atom. The van der Waals surface area contributed by atoms with Crippen molar-refractivity contribution in [3.8, 4) is 22.6 Å². The number of anilines is 1. The molecule has 33 heavy (non-hydrogen) atoms. The predicted molar refractivity (Wildman–Crippen MR) is 137 cm³/mol. The summed E-state index contributed by atoms with van der Waals surface area (Å²) in [6.45, 7) is 10.4. The van der Waals surface area contributed by atoms with Crippen LogP contribution in [0.25, 0.3) is 21.9 Å². The first kappa shape index (κ1) is 20.9. The fourth-order valence-electron chi connectivity index (χ4n) is 8.02. The van der Waals surface area contributed by atoms with Gasteiger partial charge in [0, 0.05) is 42.3 Å². The molecule has 1 N–H and O–H groups in total. The minimum atomic E-state index is -0.0740. The van der Waals surface area contributed by atoms with Gasteiger partial charge in [-0.2, -0.15) is 0 Å². The van der Waals surface area contributed by atoms with Crippen LogP contribution in [0.5, 0.6) is 11.5 Å². The highest BCUT2D eigenvalue weighted by atomic mass is 16.5. The van der Waals surface area contributed by atoms with Gasteiger partial charge in [-0.05, 0) is 64.5 Å². The van der Waals surface area contributed by atoms with E-state index in [2.05, 4.69) is 69.0 Å². The van der Waals surface area contributed by atoms with Gasteiger partial charge < -0.3 is 14.7 Å². The van der Waals surface area contributed by atoms with E-state index in [1.54, 1.807) is 0 Å². The van der Waals surface area contributed by atoms with Crippen LogP contribution in [0.4, 0.5) is 5.69 Å². The third-order valence-corrected chi connectivity index (χ3v) is 8.26. The number of phenols is 1. The van der Waals surface area contributed by atoms with Crippen LogP contribution in [0.1, 0.15) is 63.6 Å². The summed E-state index contributed by atoms with van der Waals surface area (Å²) in [7, 11) is 4.09. The zero-order chi connectivity index (χ0) is 23.3.